The number of nitrogens with two attached hydrogens (primary N) is 1. The van der Waals surface area contributed by atoms with Gasteiger partial charge in [0.25, 0.3) is 0 Å². The zero-order valence-electron chi connectivity index (χ0n) is 10.3. The number of unbranched alkanes of at least 4 members (excludes halogenated alkanes) is 1. The van der Waals surface area contributed by atoms with E-state index in [0.717, 1.165) is 30.8 Å². The van der Waals surface area contributed by atoms with Gasteiger partial charge >= 0.3 is 0 Å². The number of nitrogens with zero attached hydrogens (tertiary/aromatic N) is 1. The minimum atomic E-state index is 0.112. The van der Waals surface area contributed by atoms with E-state index < -0.39 is 0 Å². The highest BCUT2D eigenvalue weighted by molar-refractivity contribution is 7.80. The average molecular weight is 260 g/mol. The Bertz CT molecular complexity index is 472. The normalized spacial score (nSPS) is 10.8. The third-order valence-corrected chi connectivity index (χ3v) is 2.56. The quantitative estimate of drug-likeness (QED) is 0.369. The van der Waals surface area contributed by atoms with Crippen LogP contribution < -0.4 is 10.5 Å². The molecule has 1 rings (SSSR count). The molecule has 0 aromatic heterocycles. The first-order valence-corrected chi connectivity index (χ1v) is 6.22. The maximum absolute atomic E-state index is 8.85. The molecule has 0 amide bonds. The van der Waals surface area contributed by atoms with Crippen LogP contribution in [0.3, 0.4) is 0 Å². The number of thiocarbonyl (C=S) groups is 1. The average Bonchev–Trinajstić information content (AvgIpc) is 2.37. The van der Waals surface area contributed by atoms with Crippen molar-refractivity contribution in [3.05, 3.63) is 35.4 Å². The maximum Gasteiger partial charge on any atom is 0.119 e. The number of benzene rings is 1. The second kappa shape index (κ2) is 7.46. The van der Waals surface area contributed by atoms with Crippen LogP contribution in [0.15, 0.2) is 29.8 Å². The van der Waals surface area contributed by atoms with E-state index in [-0.39, 0.29) is 4.99 Å². The Kier molecular flexibility index (Phi) is 5.89. The van der Waals surface area contributed by atoms with E-state index >= 15 is 0 Å². The minimum Gasteiger partial charge on any atom is -0.494 e. The summed E-state index contributed by atoms with van der Waals surface area (Å²) in [6.07, 6.45) is 3.82. The molecular formula is C14H16N2OS. The highest BCUT2D eigenvalue weighted by Gasteiger charge is 2.00. The van der Waals surface area contributed by atoms with Gasteiger partial charge in [-0.25, -0.2) is 0 Å². The molecule has 0 fully saturated rings. The van der Waals surface area contributed by atoms with Crippen LogP contribution in [0.25, 0.3) is 6.08 Å². The van der Waals surface area contributed by atoms with Gasteiger partial charge in [-0.15, -0.1) is 0 Å². The molecule has 0 saturated heterocycles. The molecule has 0 atom stereocenters. The van der Waals surface area contributed by atoms with Crippen molar-refractivity contribution in [1.29, 1.82) is 5.26 Å². The van der Waals surface area contributed by atoms with Gasteiger partial charge in [-0.1, -0.05) is 37.7 Å². The highest BCUT2D eigenvalue weighted by atomic mass is 32.1. The lowest BCUT2D eigenvalue weighted by Crippen LogP contribution is -2.09. The molecule has 94 valence electrons. The summed E-state index contributed by atoms with van der Waals surface area (Å²) >= 11 is 4.77. The van der Waals surface area contributed by atoms with E-state index in [0.29, 0.717) is 5.57 Å². The largest absolute Gasteiger partial charge is 0.494 e. The first-order valence-electron chi connectivity index (χ1n) is 5.82. The molecular weight excluding hydrogens is 244 g/mol. The molecule has 0 aliphatic heterocycles. The van der Waals surface area contributed by atoms with Crippen LogP contribution in [0.5, 0.6) is 5.75 Å². The molecule has 0 heterocycles. The van der Waals surface area contributed by atoms with Crippen LogP contribution in [0, 0.1) is 11.3 Å². The van der Waals surface area contributed by atoms with Crippen molar-refractivity contribution in [3.63, 3.8) is 0 Å². The molecule has 1 aromatic rings. The summed E-state index contributed by atoms with van der Waals surface area (Å²) in [5, 5.41) is 8.85. The summed E-state index contributed by atoms with van der Waals surface area (Å²) in [5.41, 5.74) is 6.61. The predicted molar refractivity (Wildman–Crippen MR) is 77.2 cm³/mol. The van der Waals surface area contributed by atoms with Crippen molar-refractivity contribution in [1.82, 2.24) is 0 Å². The number of hydrogen-bond acceptors (Lipinski definition) is 3. The smallest absolute Gasteiger partial charge is 0.119 e. The molecule has 0 unspecified atom stereocenters. The van der Waals surface area contributed by atoms with E-state index in [1.165, 1.54) is 0 Å². The molecule has 0 aliphatic rings. The van der Waals surface area contributed by atoms with Crippen LogP contribution in [0.4, 0.5) is 0 Å². The standard InChI is InChI=1S/C14H16N2OS/c1-2-3-8-17-13-6-4-11(5-7-13)9-12(10-15)14(16)18/h4-7,9H,2-3,8H2,1H3,(H2,16,18). The molecule has 0 saturated carbocycles. The Morgan fingerprint density at radius 2 is 2.11 bits per heavy atom. The van der Waals surface area contributed by atoms with Crippen molar-refractivity contribution >= 4 is 23.3 Å². The fourth-order valence-electron chi connectivity index (χ4n) is 1.32. The van der Waals surface area contributed by atoms with E-state index in [1.807, 2.05) is 30.3 Å². The van der Waals surface area contributed by atoms with Crippen molar-refractivity contribution < 1.29 is 4.74 Å². The summed E-state index contributed by atoms with van der Waals surface area (Å²) in [5.74, 6) is 0.828. The lowest BCUT2D eigenvalue weighted by atomic mass is 10.1. The van der Waals surface area contributed by atoms with Crippen molar-refractivity contribution in [2.75, 3.05) is 6.61 Å². The molecule has 0 spiro atoms. The summed E-state index contributed by atoms with van der Waals surface area (Å²) in [4.78, 5) is 0.112. The van der Waals surface area contributed by atoms with Gasteiger partial charge < -0.3 is 10.5 Å². The van der Waals surface area contributed by atoms with Crippen LogP contribution in [-0.2, 0) is 0 Å². The Morgan fingerprint density at radius 1 is 1.44 bits per heavy atom. The van der Waals surface area contributed by atoms with Gasteiger partial charge in [-0.3, -0.25) is 0 Å². The first kappa shape index (κ1) is 14.2. The number of ether oxygens (including phenoxy) is 1. The number of nitriles is 1. The van der Waals surface area contributed by atoms with Crippen LogP contribution >= 0.6 is 12.2 Å². The molecule has 0 radical (unpaired) electrons. The van der Waals surface area contributed by atoms with Gasteiger partial charge in [-0.2, -0.15) is 5.26 Å². The van der Waals surface area contributed by atoms with Crippen LogP contribution in [0.2, 0.25) is 0 Å². The molecule has 1 aromatic carbocycles. The SMILES string of the molecule is CCCCOc1ccc(C=C(C#N)C(N)=S)cc1. The molecule has 18 heavy (non-hydrogen) atoms. The molecule has 3 nitrogen and oxygen atoms in total. The maximum atomic E-state index is 8.85. The van der Waals surface area contributed by atoms with Crippen LogP contribution in [-0.4, -0.2) is 11.6 Å². The highest BCUT2D eigenvalue weighted by Crippen LogP contribution is 2.15. The molecule has 4 heteroatoms. The van der Waals surface area contributed by atoms with Crippen molar-refractivity contribution in [3.8, 4) is 11.8 Å². The first-order chi connectivity index (χ1) is 8.67. The monoisotopic (exact) mass is 260 g/mol. The fraction of sp³-hybridized carbons (Fsp3) is 0.286. The summed E-state index contributed by atoms with van der Waals surface area (Å²) in [6.45, 7) is 2.85. The number of rotatable bonds is 6. The summed E-state index contributed by atoms with van der Waals surface area (Å²) in [6, 6.07) is 9.46. The zero-order valence-corrected chi connectivity index (χ0v) is 11.2. The third kappa shape index (κ3) is 4.56. The van der Waals surface area contributed by atoms with Crippen LogP contribution in [0.1, 0.15) is 25.3 Å². The van der Waals surface area contributed by atoms with Gasteiger partial charge in [0.15, 0.2) is 0 Å². The predicted octanol–water partition coefficient (Wildman–Crippen LogP) is 3.06. The second-order valence-electron chi connectivity index (χ2n) is 3.81. The second-order valence-corrected chi connectivity index (χ2v) is 4.24. The van der Waals surface area contributed by atoms with E-state index in [1.54, 1.807) is 6.08 Å². The van der Waals surface area contributed by atoms with Gasteiger partial charge in [0.1, 0.15) is 16.8 Å². The lowest BCUT2D eigenvalue weighted by molar-refractivity contribution is 0.309. The molecule has 2 N–H and O–H groups in total. The summed E-state index contributed by atoms with van der Waals surface area (Å²) < 4.78 is 5.54. The molecule has 0 aliphatic carbocycles. The van der Waals surface area contributed by atoms with Gasteiger partial charge in [0.2, 0.25) is 0 Å². The lowest BCUT2D eigenvalue weighted by Gasteiger charge is -2.05. The topological polar surface area (TPSA) is 59.0 Å². The Balaban J connectivity index is 2.71. The third-order valence-electron chi connectivity index (χ3n) is 2.34. The Morgan fingerprint density at radius 3 is 2.61 bits per heavy atom. The van der Waals surface area contributed by atoms with E-state index in [2.05, 4.69) is 6.92 Å². The summed E-state index contributed by atoms with van der Waals surface area (Å²) in [7, 11) is 0. The minimum absolute atomic E-state index is 0.112. The van der Waals surface area contributed by atoms with Crippen molar-refractivity contribution in [2.24, 2.45) is 5.73 Å². The van der Waals surface area contributed by atoms with Gasteiger partial charge in [-0.05, 0) is 30.2 Å². The van der Waals surface area contributed by atoms with E-state index in [4.69, 9.17) is 28.0 Å². The number of hydrogen-bond donors (Lipinski definition) is 1. The van der Waals surface area contributed by atoms with Gasteiger partial charge in [0, 0.05) is 0 Å². The fourth-order valence-corrected chi connectivity index (χ4v) is 1.42. The van der Waals surface area contributed by atoms with Gasteiger partial charge in [0.05, 0.1) is 12.2 Å². The zero-order chi connectivity index (χ0) is 13.4. The molecule has 0 bridgehead atoms. The Hall–Kier alpha value is -1.86. The Labute approximate surface area is 113 Å². The van der Waals surface area contributed by atoms with Crippen molar-refractivity contribution in [2.45, 2.75) is 19.8 Å². The van der Waals surface area contributed by atoms with E-state index in [9.17, 15) is 0 Å².